The minimum absolute atomic E-state index is 0.180. The number of aliphatic hydroxyl groups is 1. The quantitative estimate of drug-likeness (QED) is 0.553. The summed E-state index contributed by atoms with van der Waals surface area (Å²) >= 11 is 0. The Bertz CT molecular complexity index is 400. The first-order chi connectivity index (χ1) is 7.54. The number of hydrogen-bond acceptors (Lipinski definition) is 5. The Morgan fingerprint density at radius 3 is 2.12 bits per heavy atom. The molecule has 0 saturated heterocycles. The maximum absolute atomic E-state index is 11.7. The normalized spacial score (nSPS) is 14.1. The van der Waals surface area contributed by atoms with Gasteiger partial charge >= 0.3 is 5.97 Å². The molecule has 0 heterocycles. The Morgan fingerprint density at radius 2 is 1.82 bits per heavy atom. The van der Waals surface area contributed by atoms with Crippen LogP contribution in [0.4, 0.5) is 0 Å². The molecule has 0 aliphatic rings. The van der Waals surface area contributed by atoms with E-state index in [1.54, 1.807) is 0 Å². The molecule has 0 aliphatic carbocycles. The Morgan fingerprint density at radius 1 is 1.35 bits per heavy atom. The molecule has 100 valence electrons. The summed E-state index contributed by atoms with van der Waals surface area (Å²) in [5.41, 5.74) is 0. The van der Waals surface area contributed by atoms with E-state index in [4.69, 9.17) is 10.2 Å². The van der Waals surface area contributed by atoms with Gasteiger partial charge in [0.05, 0.1) is 0 Å². The molecule has 0 radical (unpaired) electrons. The van der Waals surface area contributed by atoms with Crippen molar-refractivity contribution in [2.24, 2.45) is 0 Å². The van der Waals surface area contributed by atoms with Gasteiger partial charge in [-0.15, -0.1) is 0 Å². The van der Waals surface area contributed by atoms with Crippen molar-refractivity contribution in [3.8, 4) is 0 Å². The first-order valence-electron chi connectivity index (χ1n) is 4.88. The van der Waals surface area contributed by atoms with Crippen molar-refractivity contribution in [2.45, 2.75) is 31.1 Å². The van der Waals surface area contributed by atoms with E-state index in [-0.39, 0.29) is 6.42 Å². The highest BCUT2D eigenvalue weighted by Crippen LogP contribution is 2.15. The first-order valence-corrected chi connectivity index (χ1v) is 6.77. The molecular weight excluding hydrogens is 250 g/mol. The van der Waals surface area contributed by atoms with E-state index < -0.39 is 39.1 Å². The molecule has 8 heteroatoms. The van der Waals surface area contributed by atoms with Gasteiger partial charge in [-0.25, -0.2) is 13.2 Å². The van der Waals surface area contributed by atoms with Crippen molar-refractivity contribution in [3.05, 3.63) is 0 Å². The molecule has 1 amide bonds. The average molecular weight is 267 g/mol. The van der Waals surface area contributed by atoms with Crippen LogP contribution in [0.2, 0.25) is 0 Å². The fourth-order valence-electron chi connectivity index (χ4n) is 0.887. The molecule has 0 aliphatic heterocycles. The number of rotatable bonds is 6. The van der Waals surface area contributed by atoms with E-state index in [1.807, 2.05) is 0 Å². The molecule has 1 atom stereocenters. The Kier molecular flexibility index (Phi) is 5.09. The summed E-state index contributed by atoms with van der Waals surface area (Å²) in [6.45, 7) is 1.96. The first kappa shape index (κ1) is 15.9. The molecule has 7 nitrogen and oxygen atoms in total. The van der Waals surface area contributed by atoms with Crippen LogP contribution in [0.25, 0.3) is 0 Å². The van der Waals surface area contributed by atoms with Crippen LogP contribution in [0.5, 0.6) is 0 Å². The molecule has 0 aromatic carbocycles. The SMILES string of the molecule is CC(C)(C(=O)N[C@H](CCO)C(=O)O)S(C)(=O)=O. The largest absolute Gasteiger partial charge is 0.480 e. The summed E-state index contributed by atoms with van der Waals surface area (Å²) in [4.78, 5) is 22.4. The molecular formula is C9H17NO6S. The van der Waals surface area contributed by atoms with Crippen molar-refractivity contribution in [1.29, 1.82) is 0 Å². The van der Waals surface area contributed by atoms with E-state index in [9.17, 15) is 18.0 Å². The van der Waals surface area contributed by atoms with Crippen molar-refractivity contribution >= 4 is 21.7 Å². The summed E-state index contributed by atoms with van der Waals surface area (Å²) in [5, 5.41) is 19.5. The Balaban J connectivity index is 4.91. The number of carboxylic acid groups (broad SMARTS) is 1. The fourth-order valence-corrected chi connectivity index (χ4v) is 1.28. The van der Waals surface area contributed by atoms with Crippen LogP contribution in [-0.2, 0) is 19.4 Å². The number of hydrogen-bond donors (Lipinski definition) is 3. The molecule has 0 spiro atoms. The zero-order chi connectivity index (χ0) is 13.9. The minimum Gasteiger partial charge on any atom is -0.480 e. The van der Waals surface area contributed by atoms with Gasteiger partial charge in [0.2, 0.25) is 5.91 Å². The third-order valence-electron chi connectivity index (χ3n) is 2.49. The van der Waals surface area contributed by atoms with Gasteiger partial charge in [0, 0.05) is 19.3 Å². The van der Waals surface area contributed by atoms with Gasteiger partial charge in [-0.1, -0.05) is 0 Å². The van der Waals surface area contributed by atoms with Gasteiger partial charge in [0.1, 0.15) is 10.8 Å². The van der Waals surface area contributed by atoms with Crippen LogP contribution in [0.15, 0.2) is 0 Å². The summed E-state index contributed by atoms with van der Waals surface area (Å²) in [6.07, 6.45) is 0.718. The van der Waals surface area contributed by atoms with Gasteiger partial charge < -0.3 is 15.5 Å². The summed E-state index contributed by atoms with van der Waals surface area (Å²) in [6, 6.07) is -1.30. The topological polar surface area (TPSA) is 121 Å². The van der Waals surface area contributed by atoms with Gasteiger partial charge in [-0.05, 0) is 13.8 Å². The van der Waals surface area contributed by atoms with E-state index >= 15 is 0 Å². The van der Waals surface area contributed by atoms with Gasteiger partial charge in [0.15, 0.2) is 9.84 Å². The fraction of sp³-hybridized carbons (Fsp3) is 0.778. The number of carboxylic acids is 1. The maximum Gasteiger partial charge on any atom is 0.326 e. The lowest BCUT2D eigenvalue weighted by atomic mass is 10.1. The minimum atomic E-state index is -3.66. The number of carbonyl (C=O) groups is 2. The standard InChI is InChI=1S/C9H17NO6S/c1-9(2,17(3,15)16)8(14)10-6(4-5-11)7(12)13/h6,11H,4-5H2,1-3H3,(H,10,14)(H,12,13)/t6-/m1/s1. The van der Waals surface area contributed by atoms with Crippen molar-refractivity contribution in [1.82, 2.24) is 5.32 Å². The van der Waals surface area contributed by atoms with Crippen LogP contribution in [-0.4, -0.2) is 54.2 Å². The summed E-state index contributed by atoms with van der Waals surface area (Å²) in [7, 11) is -3.66. The molecule has 0 bridgehead atoms. The maximum atomic E-state index is 11.7. The van der Waals surface area contributed by atoms with E-state index in [0.717, 1.165) is 6.26 Å². The number of aliphatic carboxylic acids is 1. The second-order valence-electron chi connectivity index (χ2n) is 4.16. The van der Waals surface area contributed by atoms with Gasteiger partial charge in [-0.2, -0.15) is 0 Å². The molecule has 0 unspecified atom stereocenters. The number of aliphatic hydroxyl groups excluding tert-OH is 1. The summed E-state index contributed by atoms with van der Waals surface area (Å²) in [5.74, 6) is -2.22. The number of carbonyl (C=O) groups excluding carboxylic acids is 1. The van der Waals surface area contributed by atoms with Crippen LogP contribution < -0.4 is 5.32 Å². The highest BCUT2D eigenvalue weighted by molar-refractivity contribution is 7.92. The Labute approximate surface area is 99.7 Å². The Hall–Kier alpha value is -1.15. The third kappa shape index (κ3) is 3.97. The van der Waals surface area contributed by atoms with Crippen LogP contribution in [0.3, 0.4) is 0 Å². The molecule has 0 aromatic heterocycles. The second-order valence-corrected chi connectivity index (χ2v) is 6.72. The summed E-state index contributed by atoms with van der Waals surface area (Å²) < 4.78 is 21.0. The van der Waals surface area contributed by atoms with Crippen LogP contribution in [0, 0.1) is 0 Å². The predicted octanol–water partition coefficient (Wildman–Crippen LogP) is -1.24. The average Bonchev–Trinajstić information content (AvgIpc) is 2.14. The molecule has 0 saturated carbocycles. The molecule has 0 fully saturated rings. The van der Waals surface area contributed by atoms with E-state index in [2.05, 4.69) is 5.32 Å². The number of sulfone groups is 1. The van der Waals surface area contributed by atoms with Crippen LogP contribution in [0.1, 0.15) is 20.3 Å². The molecule has 0 aromatic rings. The smallest absolute Gasteiger partial charge is 0.326 e. The number of nitrogens with one attached hydrogen (secondary N) is 1. The highest BCUT2D eigenvalue weighted by Gasteiger charge is 2.40. The lowest BCUT2D eigenvalue weighted by Gasteiger charge is -2.23. The zero-order valence-corrected chi connectivity index (χ0v) is 10.7. The monoisotopic (exact) mass is 267 g/mol. The van der Waals surface area contributed by atoms with E-state index in [1.165, 1.54) is 13.8 Å². The van der Waals surface area contributed by atoms with Crippen molar-refractivity contribution < 1.29 is 28.2 Å². The lowest BCUT2D eigenvalue weighted by molar-refractivity contribution is -0.142. The van der Waals surface area contributed by atoms with E-state index in [0.29, 0.717) is 0 Å². The molecule has 17 heavy (non-hydrogen) atoms. The van der Waals surface area contributed by atoms with Crippen molar-refractivity contribution in [2.75, 3.05) is 12.9 Å². The predicted molar refractivity (Wildman–Crippen MR) is 60.2 cm³/mol. The number of amides is 1. The van der Waals surface area contributed by atoms with Crippen molar-refractivity contribution in [3.63, 3.8) is 0 Å². The van der Waals surface area contributed by atoms with Gasteiger partial charge in [0.25, 0.3) is 0 Å². The zero-order valence-electron chi connectivity index (χ0n) is 9.93. The highest BCUT2D eigenvalue weighted by atomic mass is 32.2. The molecule has 0 rings (SSSR count). The second kappa shape index (κ2) is 5.46. The molecule has 3 N–H and O–H groups in total. The lowest BCUT2D eigenvalue weighted by Crippen LogP contribution is -2.53. The van der Waals surface area contributed by atoms with Crippen LogP contribution >= 0.6 is 0 Å². The van der Waals surface area contributed by atoms with Gasteiger partial charge in [-0.3, -0.25) is 4.79 Å². The third-order valence-corrected chi connectivity index (χ3v) is 4.53.